The lowest BCUT2D eigenvalue weighted by molar-refractivity contribution is 0.628. The molecule has 2 aromatic heterocycles. The van der Waals surface area contributed by atoms with Crippen LogP contribution in [-0.2, 0) is 0 Å². The van der Waals surface area contributed by atoms with E-state index in [1.54, 1.807) is 30.3 Å². The lowest BCUT2D eigenvalue weighted by Gasteiger charge is -2.02. The molecule has 0 amide bonds. The molecule has 22 heavy (non-hydrogen) atoms. The van der Waals surface area contributed by atoms with Crippen LogP contribution in [0.2, 0.25) is 10.3 Å². The zero-order valence-corrected chi connectivity index (χ0v) is 12.5. The first-order valence-corrected chi connectivity index (χ1v) is 7.15. The number of rotatable bonds is 1. The summed E-state index contributed by atoms with van der Waals surface area (Å²) < 4.78 is 14.8. The van der Waals surface area contributed by atoms with Crippen molar-refractivity contribution in [2.75, 3.05) is 0 Å². The Bertz CT molecular complexity index is 1030. The van der Waals surface area contributed by atoms with Gasteiger partial charge in [-0.1, -0.05) is 29.8 Å². The topological polar surface area (TPSA) is 43.1 Å². The zero-order chi connectivity index (χ0) is 15.3. The summed E-state index contributed by atoms with van der Waals surface area (Å²) >= 11 is 12.4. The van der Waals surface area contributed by atoms with Crippen LogP contribution < -0.4 is 0 Å². The van der Waals surface area contributed by atoms with E-state index in [9.17, 15) is 4.39 Å². The van der Waals surface area contributed by atoms with Gasteiger partial charge in [0.1, 0.15) is 5.82 Å². The molecule has 0 saturated heterocycles. The van der Waals surface area contributed by atoms with Crippen LogP contribution in [0.5, 0.6) is 0 Å². The fourth-order valence-corrected chi connectivity index (χ4v) is 2.79. The van der Waals surface area contributed by atoms with Gasteiger partial charge in [0, 0.05) is 5.56 Å². The quantitative estimate of drug-likeness (QED) is 0.485. The SMILES string of the molecule is Fc1cccc(-c2nc3c4c(Cl)cccc4nc(Cl)n3n2)c1. The molecule has 0 bridgehead atoms. The van der Waals surface area contributed by atoms with Crippen LogP contribution in [0.3, 0.4) is 0 Å². The van der Waals surface area contributed by atoms with Crippen LogP contribution in [0.15, 0.2) is 42.5 Å². The van der Waals surface area contributed by atoms with Crippen LogP contribution in [0, 0.1) is 5.82 Å². The average molecular weight is 333 g/mol. The number of benzene rings is 2. The first-order valence-electron chi connectivity index (χ1n) is 6.40. The molecule has 108 valence electrons. The standard InChI is InChI=1S/C15H7Cl2FN4/c16-10-5-2-6-11-12(10)14-20-13(21-22(14)15(17)19-11)8-3-1-4-9(18)7-8/h1-7H. The Labute approximate surface area is 134 Å². The molecule has 4 aromatic rings. The van der Waals surface area contributed by atoms with Crippen molar-refractivity contribution in [3.63, 3.8) is 0 Å². The van der Waals surface area contributed by atoms with Crippen molar-refractivity contribution >= 4 is 39.8 Å². The molecule has 4 nitrogen and oxygen atoms in total. The first-order chi connectivity index (χ1) is 10.6. The monoisotopic (exact) mass is 332 g/mol. The second kappa shape index (κ2) is 4.90. The lowest BCUT2D eigenvalue weighted by Crippen LogP contribution is -1.95. The molecule has 0 radical (unpaired) electrons. The highest BCUT2D eigenvalue weighted by Crippen LogP contribution is 2.29. The van der Waals surface area contributed by atoms with Crippen LogP contribution in [0.4, 0.5) is 4.39 Å². The molecule has 0 N–H and O–H groups in total. The molecule has 0 fully saturated rings. The van der Waals surface area contributed by atoms with Gasteiger partial charge in [-0.2, -0.15) is 4.52 Å². The molecule has 0 spiro atoms. The molecule has 0 aliphatic carbocycles. The maximum absolute atomic E-state index is 13.4. The van der Waals surface area contributed by atoms with Crippen molar-refractivity contribution in [2.45, 2.75) is 0 Å². The molecule has 0 aliphatic heterocycles. The van der Waals surface area contributed by atoms with Gasteiger partial charge in [-0.3, -0.25) is 0 Å². The third-order valence-corrected chi connectivity index (χ3v) is 3.85. The van der Waals surface area contributed by atoms with Crippen molar-refractivity contribution in [2.24, 2.45) is 0 Å². The maximum atomic E-state index is 13.4. The van der Waals surface area contributed by atoms with Crippen molar-refractivity contribution in [1.82, 2.24) is 19.6 Å². The van der Waals surface area contributed by atoms with Gasteiger partial charge in [-0.05, 0) is 35.9 Å². The normalized spacial score (nSPS) is 11.4. The Morgan fingerprint density at radius 3 is 2.64 bits per heavy atom. The molecule has 2 heterocycles. The maximum Gasteiger partial charge on any atom is 0.226 e. The summed E-state index contributed by atoms with van der Waals surface area (Å²) in [6, 6.07) is 11.4. The van der Waals surface area contributed by atoms with E-state index in [1.165, 1.54) is 16.6 Å². The van der Waals surface area contributed by atoms with Crippen LogP contribution in [-0.4, -0.2) is 19.6 Å². The second-order valence-electron chi connectivity index (χ2n) is 4.70. The molecule has 0 atom stereocenters. The van der Waals surface area contributed by atoms with E-state index in [4.69, 9.17) is 23.2 Å². The van der Waals surface area contributed by atoms with Crippen LogP contribution in [0.25, 0.3) is 27.9 Å². The van der Waals surface area contributed by atoms with Crippen molar-refractivity contribution in [3.05, 3.63) is 58.6 Å². The van der Waals surface area contributed by atoms with E-state index in [2.05, 4.69) is 15.1 Å². The molecule has 0 aliphatic rings. The van der Waals surface area contributed by atoms with E-state index in [-0.39, 0.29) is 11.1 Å². The first kappa shape index (κ1) is 13.4. The van der Waals surface area contributed by atoms with Gasteiger partial charge in [0.2, 0.25) is 5.28 Å². The number of hydrogen-bond donors (Lipinski definition) is 0. The largest absolute Gasteiger partial charge is 0.226 e. The number of halogens is 3. The zero-order valence-electron chi connectivity index (χ0n) is 11.0. The predicted octanol–water partition coefficient (Wildman–Crippen LogP) is 4.39. The summed E-state index contributed by atoms with van der Waals surface area (Å²) in [4.78, 5) is 8.71. The summed E-state index contributed by atoms with van der Waals surface area (Å²) in [6.07, 6.45) is 0. The van der Waals surface area contributed by atoms with Gasteiger partial charge in [-0.15, -0.1) is 5.10 Å². The minimum absolute atomic E-state index is 0.167. The highest BCUT2D eigenvalue weighted by atomic mass is 35.5. The third kappa shape index (κ3) is 2.01. The number of nitrogens with zero attached hydrogens (tertiary/aromatic N) is 4. The van der Waals surface area contributed by atoms with E-state index >= 15 is 0 Å². The van der Waals surface area contributed by atoms with E-state index in [1.807, 2.05) is 0 Å². The Kier molecular flexibility index (Phi) is 2.99. The minimum Gasteiger partial charge on any atom is -0.218 e. The molecule has 2 aromatic carbocycles. The Hall–Kier alpha value is -2.24. The van der Waals surface area contributed by atoms with Crippen molar-refractivity contribution in [1.29, 1.82) is 0 Å². The van der Waals surface area contributed by atoms with E-state index in [0.29, 0.717) is 33.0 Å². The molecule has 7 heteroatoms. The highest BCUT2D eigenvalue weighted by Gasteiger charge is 2.15. The average Bonchev–Trinajstić information content (AvgIpc) is 2.93. The minimum atomic E-state index is -0.358. The van der Waals surface area contributed by atoms with Crippen molar-refractivity contribution < 1.29 is 4.39 Å². The summed E-state index contributed by atoms with van der Waals surface area (Å²) in [6.45, 7) is 0. The van der Waals surface area contributed by atoms with Crippen LogP contribution >= 0.6 is 23.2 Å². The van der Waals surface area contributed by atoms with Gasteiger partial charge >= 0.3 is 0 Å². The fraction of sp³-hybridized carbons (Fsp3) is 0. The summed E-state index contributed by atoms with van der Waals surface area (Å²) in [5.41, 5.74) is 1.67. The van der Waals surface area contributed by atoms with Crippen LogP contribution in [0.1, 0.15) is 0 Å². The fourth-order valence-electron chi connectivity index (χ4n) is 2.33. The van der Waals surface area contributed by atoms with Gasteiger partial charge in [-0.25, -0.2) is 14.4 Å². The summed E-state index contributed by atoms with van der Waals surface area (Å²) in [7, 11) is 0. The van der Waals surface area contributed by atoms with E-state index < -0.39 is 0 Å². The number of fused-ring (bicyclic) bond motifs is 3. The Morgan fingerprint density at radius 2 is 1.82 bits per heavy atom. The Morgan fingerprint density at radius 1 is 1.00 bits per heavy atom. The summed E-state index contributed by atoms with van der Waals surface area (Å²) in [5, 5.41) is 5.63. The van der Waals surface area contributed by atoms with Gasteiger partial charge in [0.25, 0.3) is 0 Å². The molecular formula is C15H7Cl2FN4. The van der Waals surface area contributed by atoms with Gasteiger partial charge in [0.05, 0.1) is 15.9 Å². The van der Waals surface area contributed by atoms with Gasteiger partial charge < -0.3 is 0 Å². The molecule has 0 unspecified atom stereocenters. The Balaban J connectivity index is 2.09. The third-order valence-electron chi connectivity index (χ3n) is 3.29. The number of aromatic nitrogens is 4. The van der Waals surface area contributed by atoms with Gasteiger partial charge in [0.15, 0.2) is 11.5 Å². The predicted molar refractivity (Wildman–Crippen MR) is 83.7 cm³/mol. The summed E-state index contributed by atoms with van der Waals surface area (Å²) in [5.74, 6) is -0.000844. The molecule has 4 rings (SSSR count). The van der Waals surface area contributed by atoms with Crippen molar-refractivity contribution in [3.8, 4) is 11.4 Å². The molecule has 0 saturated carbocycles. The highest BCUT2D eigenvalue weighted by molar-refractivity contribution is 6.37. The molecular weight excluding hydrogens is 326 g/mol. The smallest absolute Gasteiger partial charge is 0.218 e. The lowest BCUT2D eigenvalue weighted by atomic mass is 10.2. The number of hydrogen-bond acceptors (Lipinski definition) is 3. The van der Waals surface area contributed by atoms with E-state index in [0.717, 1.165) is 0 Å². The second-order valence-corrected chi connectivity index (χ2v) is 5.44.